The van der Waals surface area contributed by atoms with E-state index in [1.165, 1.54) is 0 Å². The number of hydrogen-bond donors (Lipinski definition) is 1. The maximum Gasteiger partial charge on any atom is 0.187 e. The van der Waals surface area contributed by atoms with Crippen molar-refractivity contribution in [3.8, 4) is 0 Å². The Labute approximate surface area is 64.9 Å². The monoisotopic (exact) mass is 161 g/mol. The van der Waals surface area contributed by atoms with Crippen molar-refractivity contribution in [1.82, 2.24) is 0 Å². The van der Waals surface area contributed by atoms with E-state index >= 15 is 0 Å². The number of rotatable bonds is 5. The lowest BCUT2D eigenvalue weighted by Gasteiger charge is -2.21. The summed E-state index contributed by atoms with van der Waals surface area (Å²) in [6, 6.07) is 1.08. The lowest BCUT2D eigenvalue weighted by Crippen LogP contribution is -2.33. The minimum atomic E-state index is -1.35. The van der Waals surface area contributed by atoms with E-state index in [1.807, 2.05) is 0 Å². The van der Waals surface area contributed by atoms with Gasteiger partial charge in [0, 0.05) is 6.61 Å². The molecule has 0 saturated heterocycles. The third-order valence-electron chi connectivity index (χ3n) is 1.44. The summed E-state index contributed by atoms with van der Waals surface area (Å²) in [5, 5.41) is 0. The molecule has 0 bridgehead atoms. The van der Waals surface area contributed by atoms with Gasteiger partial charge in [0.25, 0.3) is 0 Å². The van der Waals surface area contributed by atoms with Gasteiger partial charge in [0.05, 0.1) is 0 Å². The summed E-state index contributed by atoms with van der Waals surface area (Å²) in [5.41, 5.74) is 5.44. The van der Waals surface area contributed by atoms with Crippen LogP contribution in [-0.4, -0.2) is 21.5 Å². The zero-order valence-electron chi connectivity index (χ0n) is 7.31. The van der Waals surface area contributed by atoms with Crippen LogP contribution in [0.5, 0.6) is 0 Å². The third kappa shape index (κ3) is 4.96. The van der Waals surface area contributed by atoms with Crippen molar-refractivity contribution in [3.63, 3.8) is 0 Å². The van der Waals surface area contributed by atoms with Crippen LogP contribution in [0.4, 0.5) is 0 Å². The van der Waals surface area contributed by atoms with E-state index < -0.39 is 8.32 Å². The van der Waals surface area contributed by atoms with Gasteiger partial charge in [0.1, 0.15) is 0 Å². The van der Waals surface area contributed by atoms with Crippen LogP contribution in [0.25, 0.3) is 0 Å². The molecule has 0 fully saturated rings. The second kappa shape index (κ2) is 4.88. The lowest BCUT2D eigenvalue weighted by molar-refractivity contribution is 0.307. The first kappa shape index (κ1) is 10.1. The zero-order valence-corrected chi connectivity index (χ0v) is 8.31. The van der Waals surface area contributed by atoms with Crippen LogP contribution in [0.2, 0.25) is 19.1 Å². The van der Waals surface area contributed by atoms with Crippen LogP contribution in [0.1, 0.15) is 13.3 Å². The number of hydrogen-bond acceptors (Lipinski definition) is 2. The molecule has 0 radical (unpaired) electrons. The van der Waals surface area contributed by atoms with Gasteiger partial charge in [-0.1, -0.05) is 6.92 Å². The molecule has 0 aromatic rings. The van der Waals surface area contributed by atoms with Crippen molar-refractivity contribution in [2.75, 3.05) is 13.2 Å². The maximum absolute atomic E-state index is 5.68. The molecule has 0 saturated carbocycles. The van der Waals surface area contributed by atoms with Gasteiger partial charge in [-0.25, -0.2) is 0 Å². The molecule has 2 N–H and O–H groups in total. The van der Waals surface area contributed by atoms with Crippen molar-refractivity contribution < 1.29 is 4.43 Å². The Kier molecular flexibility index (Phi) is 4.94. The minimum Gasteiger partial charge on any atom is -0.417 e. The second-order valence-corrected chi connectivity index (χ2v) is 7.45. The van der Waals surface area contributed by atoms with Crippen LogP contribution in [0.15, 0.2) is 0 Å². The summed E-state index contributed by atoms with van der Waals surface area (Å²) >= 11 is 0. The van der Waals surface area contributed by atoms with Gasteiger partial charge in [-0.2, -0.15) is 0 Å². The van der Waals surface area contributed by atoms with Crippen LogP contribution in [-0.2, 0) is 4.43 Å². The van der Waals surface area contributed by atoms with Gasteiger partial charge in [-0.05, 0) is 32.1 Å². The van der Waals surface area contributed by atoms with E-state index in [-0.39, 0.29) is 0 Å². The molecule has 0 aromatic carbocycles. The first-order chi connectivity index (χ1) is 4.62. The van der Waals surface area contributed by atoms with E-state index in [2.05, 4.69) is 20.0 Å². The smallest absolute Gasteiger partial charge is 0.187 e. The molecule has 0 atom stereocenters. The fourth-order valence-electron chi connectivity index (χ4n) is 0.798. The Morgan fingerprint density at radius 3 is 2.40 bits per heavy atom. The van der Waals surface area contributed by atoms with Crippen molar-refractivity contribution in [2.45, 2.75) is 32.5 Å². The zero-order chi connectivity index (χ0) is 8.04. The van der Waals surface area contributed by atoms with Crippen molar-refractivity contribution >= 4 is 8.32 Å². The predicted octanol–water partition coefficient (Wildman–Crippen LogP) is 1.58. The summed E-state index contributed by atoms with van der Waals surface area (Å²) in [6.07, 6.45) is 1.11. The Morgan fingerprint density at radius 2 is 2.00 bits per heavy atom. The van der Waals surface area contributed by atoms with Crippen molar-refractivity contribution in [2.24, 2.45) is 5.73 Å². The van der Waals surface area contributed by atoms with Gasteiger partial charge >= 0.3 is 0 Å². The molecule has 2 nitrogen and oxygen atoms in total. The largest absolute Gasteiger partial charge is 0.417 e. The highest BCUT2D eigenvalue weighted by Gasteiger charge is 2.19. The Morgan fingerprint density at radius 1 is 1.40 bits per heavy atom. The standard InChI is InChI=1S/C7H19NOSi/c1-4-6-9-10(2,3)7-5-8/h4-8H2,1-3H3. The van der Waals surface area contributed by atoms with Crippen LogP contribution < -0.4 is 5.73 Å². The lowest BCUT2D eigenvalue weighted by atomic mass is 10.5. The second-order valence-electron chi connectivity index (χ2n) is 3.15. The fourth-order valence-corrected chi connectivity index (χ4v) is 2.39. The Hall–Kier alpha value is 0.137. The molecule has 0 aromatic heterocycles. The van der Waals surface area contributed by atoms with E-state index in [9.17, 15) is 0 Å². The van der Waals surface area contributed by atoms with Gasteiger partial charge in [-0.3, -0.25) is 0 Å². The van der Waals surface area contributed by atoms with Crippen LogP contribution >= 0.6 is 0 Å². The van der Waals surface area contributed by atoms with E-state index in [4.69, 9.17) is 10.2 Å². The van der Waals surface area contributed by atoms with E-state index in [0.717, 1.165) is 25.6 Å². The maximum atomic E-state index is 5.68. The fraction of sp³-hybridized carbons (Fsp3) is 1.00. The summed E-state index contributed by atoms with van der Waals surface area (Å²) in [5.74, 6) is 0. The molecule has 0 heterocycles. The van der Waals surface area contributed by atoms with E-state index in [0.29, 0.717) is 0 Å². The minimum absolute atomic E-state index is 0.767. The van der Waals surface area contributed by atoms with Crippen molar-refractivity contribution in [3.05, 3.63) is 0 Å². The summed E-state index contributed by atoms with van der Waals surface area (Å²) < 4.78 is 5.68. The van der Waals surface area contributed by atoms with Gasteiger partial charge in [0.2, 0.25) is 0 Å². The van der Waals surface area contributed by atoms with Gasteiger partial charge in [0.15, 0.2) is 8.32 Å². The van der Waals surface area contributed by atoms with Crippen molar-refractivity contribution in [1.29, 1.82) is 0 Å². The molecule has 0 aliphatic carbocycles. The SMILES string of the molecule is CCCO[Si](C)(C)CCN. The first-order valence-corrected chi connectivity index (χ1v) is 7.08. The Balaban J connectivity index is 3.42. The molecular formula is C7H19NOSi. The van der Waals surface area contributed by atoms with Gasteiger partial charge < -0.3 is 10.2 Å². The molecule has 3 heteroatoms. The summed E-state index contributed by atoms with van der Waals surface area (Å²) in [4.78, 5) is 0. The Bertz CT molecular complexity index is 85.7. The van der Waals surface area contributed by atoms with Crippen LogP contribution in [0.3, 0.4) is 0 Å². The molecule has 0 aliphatic heterocycles. The topological polar surface area (TPSA) is 35.2 Å². The van der Waals surface area contributed by atoms with Crippen LogP contribution in [0, 0.1) is 0 Å². The van der Waals surface area contributed by atoms with Gasteiger partial charge in [-0.15, -0.1) is 0 Å². The predicted molar refractivity (Wildman–Crippen MR) is 47.6 cm³/mol. The molecule has 0 amide bonds. The molecule has 0 spiro atoms. The molecule has 0 aliphatic rings. The third-order valence-corrected chi connectivity index (χ3v) is 3.92. The molecule has 0 unspecified atom stereocenters. The average molecular weight is 161 g/mol. The normalized spacial score (nSPS) is 12.0. The highest BCUT2D eigenvalue weighted by molar-refractivity contribution is 6.71. The number of nitrogens with two attached hydrogens (primary N) is 1. The van der Waals surface area contributed by atoms with E-state index in [1.54, 1.807) is 0 Å². The highest BCUT2D eigenvalue weighted by atomic mass is 28.4. The first-order valence-electron chi connectivity index (χ1n) is 3.96. The average Bonchev–Trinajstić information content (AvgIpc) is 1.84. The summed E-state index contributed by atoms with van der Waals surface area (Å²) in [6.45, 7) is 8.24. The molecule has 10 heavy (non-hydrogen) atoms. The molecular weight excluding hydrogens is 142 g/mol. The summed E-state index contributed by atoms with van der Waals surface area (Å²) in [7, 11) is -1.35. The highest BCUT2D eigenvalue weighted by Crippen LogP contribution is 2.09. The quantitative estimate of drug-likeness (QED) is 0.621. The molecule has 0 rings (SSSR count). The molecule has 62 valence electrons.